The maximum absolute atomic E-state index is 13.4. The molecule has 18 heteroatoms. The van der Waals surface area contributed by atoms with Gasteiger partial charge >= 0.3 is 18.3 Å². The molecule has 2 aromatic carbocycles. The summed E-state index contributed by atoms with van der Waals surface area (Å²) in [6, 6.07) is 7.73. The lowest BCUT2D eigenvalue weighted by atomic mass is 9.97. The van der Waals surface area contributed by atoms with E-state index in [1.165, 1.54) is 45.2 Å². The Balaban J connectivity index is 0.00000135. The molecule has 0 aliphatic rings. The van der Waals surface area contributed by atoms with Crippen LogP contribution in [0.1, 0.15) is 31.0 Å². The third kappa shape index (κ3) is 12.9. The minimum atomic E-state index is -5.18. The summed E-state index contributed by atoms with van der Waals surface area (Å²) < 4.78 is 76.4. The Hall–Kier alpha value is -4.38. The van der Waals surface area contributed by atoms with Crippen molar-refractivity contribution in [2.24, 2.45) is 11.7 Å². The summed E-state index contributed by atoms with van der Waals surface area (Å²) in [5.74, 6) is -7.90. The van der Waals surface area contributed by atoms with Crippen LogP contribution in [0.4, 0.5) is 26.3 Å². The molecule has 0 radical (unpaired) electrons. The van der Waals surface area contributed by atoms with Crippen LogP contribution in [0, 0.1) is 5.92 Å². The van der Waals surface area contributed by atoms with Gasteiger partial charge in [-0.15, -0.1) is 0 Å². The molecule has 3 atom stereocenters. The number of rotatable bonds is 12. The first-order valence-electron chi connectivity index (χ1n) is 13.1. The Kier molecular flexibility index (Phi) is 15.0. The smallest absolute Gasteiger partial charge is 0.490 e. The van der Waals surface area contributed by atoms with Gasteiger partial charge in [0, 0.05) is 11.4 Å². The number of aliphatic carboxylic acids is 1. The standard InChI is InChI=1S/C26H30ClF3N4O5.C2HF3O2/c1-14(2)21(23(36)26(28,29)30)33-25(38)22(16-7-9-18(39-3)10-8-16)34-24(37)19(32-20(35)13-31)12-15-5-4-6-17(27)11-15;3-2(4,5)1(6)7/h4-11,14,19,21-22H,12-13,31H2,1-3H3,(H,32,35)(H,33,38)(H,34,37);(H,6,7)/t19-,21-,22-;/m0./s1. The number of ketones is 1. The van der Waals surface area contributed by atoms with Crippen LogP contribution in [-0.4, -0.2) is 72.7 Å². The number of hydrogen-bond donors (Lipinski definition) is 5. The summed E-state index contributed by atoms with van der Waals surface area (Å²) in [4.78, 5) is 59.6. The number of alkyl halides is 6. The second kappa shape index (κ2) is 17.4. The maximum atomic E-state index is 13.4. The average molecular weight is 685 g/mol. The van der Waals surface area contributed by atoms with Crippen molar-refractivity contribution in [3.8, 4) is 5.75 Å². The van der Waals surface area contributed by atoms with E-state index in [1.54, 1.807) is 24.3 Å². The van der Waals surface area contributed by atoms with Gasteiger partial charge < -0.3 is 31.5 Å². The summed E-state index contributed by atoms with van der Waals surface area (Å²) >= 11 is 6.02. The summed E-state index contributed by atoms with van der Waals surface area (Å²) in [5.41, 5.74) is 6.16. The molecule has 2 rings (SSSR count). The van der Waals surface area contributed by atoms with Crippen molar-refractivity contribution in [3.63, 3.8) is 0 Å². The van der Waals surface area contributed by atoms with Crippen molar-refractivity contribution in [1.29, 1.82) is 0 Å². The average Bonchev–Trinajstić information content (AvgIpc) is 2.96. The van der Waals surface area contributed by atoms with Crippen LogP contribution >= 0.6 is 11.6 Å². The molecule has 0 unspecified atom stereocenters. The highest BCUT2D eigenvalue weighted by Crippen LogP contribution is 2.23. The number of ether oxygens (including phenoxy) is 1. The molecule has 0 saturated heterocycles. The van der Waals surface area contributed by atoms with Crippen molar-refractivity contribution in [2.75, 3.05) is 13.7 Å². The van der Waals surface area contributed by atoms with Crippen LogP contribution in [0.5, 0.6) is 5.75 Å². The number of carbonyl (C=O) groups excluding carboxylic acids is 4. The summed E-state index contributed by atoms with van der Waals surface area (Å²) in [6.07, 6.45) is -10.3. The number of halogens is 7. The third-order valence-electron chi connectivity index (χ3n) is 5.93. The monoisotopic (exact) mass is 684 g/mol. The van der Waals surface area contributed by atoms with Gasteiger partial charge in [0.05, 0.1) is 19.7 Å². The van der Waals surface area contributed by atoms with E-state index in [9.17, 15) is 45.5 Å². The molecule has 46 heavy (non-hydrogen) atoms. The lowest BCUT2D eigenvalue weighted by Gasteiger charge is -2.27. The van der Waals surface area contributed by atoms with E-state index in [2.05, 4.69) is 16.0 Å². The van der Waals surface area contributed by atoms with Gasteiger partial charge in [0.2, 0.25) is 17.7 Å². The minimum Gasteiger partial charge on any atom is -0.497 e. The third-order valence-corrected chi connectivity index (χ3v) is 6.17. The van der Waals surface area contributed by atoms with Gasteiger partial charge in [-0.1, -0.05) is 49.7 Å². The van der Waals surface area contributed by atoms with E-state index in [-0.39, 0.29) is 12.0 Å². The molecule has 254 valence electrons. The Morgan fingerprint density at radius 1 is 0.891 bits per heavy atom. The molecule has 3 amide bonds. The van der Waals surface area contributed by atoms with Crippen LogP contribution < -0.4 is 26.4 Å². The number of carboxylic acid groups (broad SMARTS) is 1. The minimum absolute atomic E-state index is 0.0315. The number of nitrogens with one attached hydrogen (secondary N) is 3. The van der Waals surface area contributed by atoms with E-state index in [4.69, 9.17) is 32.0 Å². The van der Waals surface area contributed by atoms with E-state index < -0.39 is 72.4 Å². The zero-order chi connectivity index (χ0) is 35.4. The van der Waals surface area contributed by atoms with E-state index >= 15 is 0 Å². The van der Waals surface area contributed by atoms with Crippen LogP contribution in [0.2, 0.25) is 5.02 Å². The normalized spacial score (nSPS) is 13.3. The lowest BCUT2D eigenvalue weighted by Crippen LogP contribution is -2.55. The van der Waals surface area contributed by atoms with Gasteiger partial charge in [-0.3, -0.25) is 19.2 Å². The molecule has 2 aromatic rings. The highest BCUT2D eigenvalue weighted by atomic mass is 35.5. The Morgan fingerprint density at radius 3 is 1.89 bits per heavy atom. The van der Waals surface area contributed by atoms with Crippen LogP contribution in [-0.2, 0) is 30.4 Å². The SMILES string of the molecule is COc1ccc([C@H](NC(=O)[C@H](Cc2cccc(Cl)c2)NC(=O)CN)C(=O)N[C@H](C(=O)C(F)(F)F)C(C)C)cc1.O=C(O)C(F)(F)F. The molecule has 0 heterocycles. The molecule has 0 saturated carbocycles. The van der Waals surface area contributed by atoms with Crippen molar-refractivity contribution < 1.29 is 60.2 Å². The lowest BCUT2D eigenvalue weighted by molar-refractivity contribution is -0.192. The van der Waals surface area contributed by atoms with Crippen molar-refractivity contribution in [1.82, 2.24) is 16.0 Å². The van der Waals surface area contributed by atoms with E-state index in [0.29, 0.717) is 16.3 Å². The summed E-state index contributed by atoms with van der Waals surface area (Å²) in [5, 5.41) is 14.6. The number of hydrogen-bond acceptors (Lipinski definition) is 7. The first-order valence-corrected chi connectivity index (χ1v) is 13.5. The number of carboxylic acids is 1. The molecule has 6 N–H and O–H groups in total. The molecule has 0 bridgehead atoms. The highest BCUT2D eigenvalue weighted by molar-refractivity contribution is 6.30. The zero-order valence-electron chi connectivity index (χ0n) is 24.5. The second-order valence-corrected chi connectivity index (χ2v) is 10.2. The van der Waals surface area contributed by atoms with E-state index in [1.807, 2.05) is 0 Å². The van der Waals surface area contributed by atoms with Gasteiger partial charge in [0.1, 0.15) is 17.8 Å². The molecular weight excluding hydrogens is 654 g/mol. The first kappa shape index (κ1) is 39.6. The van der Waals surface area contributed by atoms with Crippen LogP contribution in [0.25, 0.3) is 0 Å². The summed E-state index contributed by atoms with van der Waals surface area (Å²) in [6.45, 7) is 2.27. The Labute approximate surface area is 263 Å². The first-order chi connectivity index (χ1) is 21.2. The molecule has 0 aromatic heterocycles. The molecule has 0 aliphatic carbocycles. The number of amides is 3. The Morgan fingerprint density at radius 2 is 1.46 bits per heavy atom. The van der Waals surface area contributed by atoms with Crippen LogP contribution in [0.15, 0.2) is 48.5 Å². The highest BCUT2D eigenvalue weighted by Gasteiger charge is 2.45. The zero-order valence-corrected chi connectivity index (χ0v) is 25.2. The van der Waals surface area contributed by atoms with Gasteiger partial charge in [0.25, 0.3) is 5.78 Å². The predicted molar refractivity (Wildman–Crippen MR) is 152 cm³/mol. The largest absolute Gasteiger partial charge is 0.497 e. The fraction of sp³-hybridized carbons (Fsp3) is 0.393. The molecule has 0 fully saturated rings. The predicted octanol–water partition coefficient (Wildman–Crippen LogP) is 3.10. The number of methoxy groups -OCH3 is 1. The fourth-order valence-electron chi connectivity index (χ4n) is 3.65. The molecular formula is C28H31ClF6N4O7. The van der Waals surface area contributed by atoms with Crippen molar-refractivity contribution >= 4 is 41.1 Å². The number of benzene rings is 2. The Bertz CT molecular complexity index is 1370. The van der Waals surface area contributed by atoms with Gasteiger partial charge in [-0.2, -0.15) is 26.3 Å². The quantitative estimate of drug-likeness (QED) is 0.212. The molecule has 11 nitrogen and oxygen atoms in total. The van der Waals surface area contributed by atoms with Crippen molar-refractivity contribution in [3.05, 3.63) is 64.7 Å². The van der Waals surface area contributed by atoms with Gasteiger partial charge in [-0.25, -0.2) is 4.79 Å². The van der Waals surface area contributed by atoms with Crippen LogP contribution in [0.3, 0.4) is 0 Å². The van der Waals surface area contributed by atoms with Gasteiger partial charge in [0.15, 0.2) is 0 Å². The second-order valence-electron chi connectivity index (χ2n) is 9.77. The number of carbonyl (C=O) groups is 5. The maximum Gasteiger partial charge on any atom is 0.490 e. The van der Waals surface area contributed by atoms with E-state index in [0.717, 1.165) is 0 Å². The molecule has 0 aliphatic heterocycles. The number of nitrogens with two attached hydrogens (primary N) is 1. The fourth-order valence-corrected chi connectivity index (χ4v) is 3.86. The van der Waals surface area contributed by atoms with Crippen molar-refractivity contribution in [2.45, 2.75) is 50.7 Å². The topological polar surface area (TPSA) is 177 Å². The number of Topliss-reactive ketones (excluding diaryl/α,β-unsaturated/α-hetero) is 1. The molecule has 0 spiro atoms. The van der Waals surface area contributed by atoms with Gasteiger partial charge in [-0.05, 0) is 41.3 Å². The summed E-state index contributed by atoms with van der Waals surface area (Å²) in [7, 11) is 1.41.